The van der Waals surface area contributed by atoms with E-state index in [0.717, 1.165) is 0 Å². The molecule has 2 atom stereocenters. The number of halogens is 1. The standard InChI is InChI=1S/C10H16FNO4/c1-9(2,3)16-8(15)12-6-4-5-10(6,11)7(13)14/h6H,4-5H2,1-3H3,(H,12,15)(H,13,14)/t6-,10-/m1/s1. The molecule has 1 rings (SSSR count). The van der Waals surface area contributed by atoms with Gasteiger partial charge in [0, 0.05) is 0 Å². The van der Waals surface area contributed by atoms with Crippen LogP contribution in [0.4, 0.5) is 9.18 Å². The van der Waals surface area contributed by atoms with E-state index in [1.165, 1.54) is 0 Å². The van der Waals surface area contributed by atoms with E-state index >= 15 is 0 Å². The highest BCUT2D eigenvalue weighted by Crippen LogP contribution is 2.36. The number of carboxylic acid groups (broad SMARTS) is 1. The van der Waals surface area contributed by atoms with E-state index in [0.29, 0.717) is 6.42 Å². The van der Waals surface area contributed by atoms with Crippen LogP contribution in [0.3, 0.4) is 0 Å². The number of carbonyl (C=O) groups excluding carboxylic acids is 1. The third kappa shape index (κ3) is 2.62. The summed E-state index contributed by atoms with van der Waals surface area (Å²) in [6.07, 6.45) is -0.564. The molecule has 0 spiro atoms. The maximum absolute atomic E-state index is 13.6. The smallest absolute Gasteiger partial charge is 0.407 e. The van der Waals surface area contributed by atoms with Crippen molar-refractivity contribution in [3.05, 3.63) is 0 Å². The molecule has 2 N–H and O–H groups in total. The number of carbonyl (C=O) groups is 2. The molecule has 16 heavy (non-hydrogen) atoms. The number of ether oxygens (including phenoxy) is 1. The second-order valence-corrected chi connectivity index (χ2v) is 4.91. The Hall–Kier alpha value is -1.33. The van der Waals surface area contributed by atoms with E-state index in [2.05, 4.69) is 5.32 Å². The van der Waals surface area contributed by atoms with Crippen molar-refractivity contribution in [2.24, 2.45) is 0 Å². The highest BCUT2D eigenvalue weighted by Gasteiger charge is 2.55. The van der Waals surface area contributed by atoms with Gasteiger partial charge < -0.3 is 15.2 Å². The SMILES string of the molecule is CC(C)(C)OC(=O)N[C@@H]1CC[C@]1(F)C(=O)O. The van der Waals surface area contributed by atoms with E-state index in [1.807, 2.05) is 0 Å². The first-order valence-corrected chi connectivity index (χ1v) is 5.07. The summed E-state index contributed by atoms with van der Waals surface area (Å²) in [5.41, 5.74) is -3.03. The van der Waals surface area contributed by atoms with Gasteiger partial charge in [-0.3, -0.25) is 0 Å². The number of alkyl halides is 1. The van der Waals surface area contributed by atoms with Gasteiger partial charge in [-0.15, -0.1) is 0 Å². The number of carboxylic acids is 1. The second-order valence-electron chi connectivity index (χ2n) is 4.91. The van der Waals surface area contributed by atoms with Gasteiger partial charge in [-0.05, 0) is 33.6 Å². The van der Waals surface area contributed by atoms with Gasteiger partial charge in [-0.25, -0.2) is 14.0 Å². The molecule has 0 unspecified atom stereocenters. The summed E-state index contributed by atoms with van der Waals surface area (Å²) < 4.78 is 18.5. The molecule has 0 aliphatic heterocycles. The Morgan fingerprint density at radius 2 is 2.06 bits per heavy atom. The lowest BCUT2D eigenvalue weighted by molar-refractivity contribution is -0.160. The number of aliphatic carboxylic acids is 1. The van der Waals surface area contributed by atoms with Crippen molar-refractivity contribution in [2.75, 3.05) is 0 Å². The molecule has 0 heterocycles. The quantitative estimate of drug-likeness (QED) is 0.757. The van der Waals surface area contributed by atoms with Gasteiger partial charge in [0.1, 0.15) is 5.60 Å². The fourth-order valence-electron chi connectivity index (χ4n) is 1.43. The molecule has 6 heteroatoms. The Bertz CT molecular complexity index is 312. The van der Waals surface area contributed by atoms with Crippen molar-refractivity contribution in [1.82, 2.24) is 5.32 Å². The first-order chi connectivity index (χ1) is 7.15. The minimum atomic E-state index is -2.35. The van der Waals surface area contributed by atoms with Crippen LogP contribution < -0.4 is 5.32 Å². The molecule has 5 nitrogen and oxygen atoms in total. The largest absolute Gasteiger partial charge is 0.479 e. The predicted octanol–water partition coefficient (Wildman–Crippen LogP) is 1.47. The van der Waals surface area contributed by atoms with Gasteiger partial charge in [0.05, 0.1) is 6.04 Å². The molecular formula is C10H16FNO4. The normalized spacial score (nSPS) is 29.1. The van der Waals surface area contributed by atoms with Gasteiger partial charge >= 0.3 is 12.1 Å². The van der Waals surface area contributed by atoms with E-state index in [1.54, 1.807) is 20.8 Å². The summed E-state index contributed by atoms with van der Waals surface area (Å²) in [6, 6.07) is -1.00. The molecular weight excluding hydrogens is 217 g/mol. The van der Waals surface area contributed by atoms with Gasteiger partial charge in [0.2, 0.25) is 5.67 Å². The monoisotopic (exact) mass is 233 g/mol. The van der Waals surface area contributed by atoms with Crippen LogP contribution in [0.1, 0.15) is 33.6 Å². The van der Waals surface area contributed by atoms with Crippen LogP contribution >= 0.6 is 0 Å². The van der Waals surface area contributed by atoms with Crippen LogP contribution in [-0.2, 0) is 9.53 Å². The van der Waals surface area contributed by atoms with Crippen molar-refractivity contribution in [1.29, 1.82) is 0 Å². The molecule has 0 saturated heterocycles. The molecule has 92 valence electrons. The number of alkyl carbamates (subject to hydrolysis) is 1. The zero-order valence-corrected chi connectivity index (χ0v) is 9.54. The molecule has 0 bridgehead atoms. The Morgan fingerprint density at radius 1 is 1.50 bits per heavy atom. The fraction of sp³-hybridized carbons (Fsp3) is 0.800. The Balaban J connectivity index is 2.51. The highest BCUT2D eigenvalue weighted by atomic mass is 19.1. The molecule has 0 radical (unpaired) electrons. The summed E-state index contributed by atoms with van der Waals surface area (Å²) in [7, 11) is 0. The van der Waals surface area contributed by atoms with Crippen LogP contribution in [0, 0.1) is 0 Å². The van der Waals surface area contributed by atoms with Crippen LogP contribution in [0.25, 0.3) is 0 Å². The van der Waals surface area contributed by atoms with Crippen molar-refractivity contribution in [3.63, 3.8) is 0 Å². The summed E-state index contributed by atoms with van der Waals surface area (Å²) >= 11 is 0. The lowest BCUT2D eigenvalue weighted by Crippen LogP contribution is -2.62. The topological polar surface area (TPSA) is 75.6 Å². The first-order valence-electron chi connectivity index (χ1n) is 5.07. The van der Waals surface area contributed by atoms with Crippen LogP contribution in [-0.4, -0.2) is 34.5 Å². The average Bonchev–Trinajstić information content (AvgIpc) is 2.08. The third-order valence-electron chi connectivity index (χ3n) is 2.40. The van der Waals surface area contributed by atoms with Crippen molar-refractivity contribution in [2.45, 2.75) is 50.9 Å². The van der Waals surface area contributed by atoms with Crippen molar-refractivity contribution < 1.29 is 23.8 Å². The van der Waals surface area contributed by atoms with E-state index in [-0.39, 0.29) is 6.42 Å². The molecule has 0 aromatic carbocycles. The van der Waals surface area contributed by atoms with E-state index < -0.39 is 29.4 Å². The van der Waals surface area contributed by atoms with Crippen molar-refractivity contribution >= 4 is 12.1 Å². The lowest BCUT2D eigenvalue weighted by atomic mass is 9.76. The van der Waals surface area contributed by atoms with Crippen LogP contribution in [0.2, 0.25) is 0 Å². The highest BCUT2D eigenvalue weighted by molar-refractivity contribution is 5.81. The summed E-state index contributed by atoms with van der Waals surface area (Å²) in [5, 5.41) is 10.9. The predicted molar refractivity (Wildman–Crippen MR) is 53.9 cm³/mol. The molecule has 1 aliphatic rings. The number of nitrogens with one attached hydrogen (secondary N) is 1. The molecule has 0 aromatic rings. The van der Waals surface area contributed by atoms with Crippen LogP contribution in [0.15, 0.2) is 0 Å². The number of amides is 1. The Morgan fingerprint density at radius 3 is 2.38 bits per heavy atom. The molecule has 1 aliphatic carbocycles. The number of rotatable bonds is 2. The van der Waals surface area contributed by atoms with E-state index in [4.69, 9.17) is 9.84 Å². The van der Waals surface area contributed by atoms with Crippen LogP contribution in [0.5, 0.6) is 0 Å². The zero-order chi connectivity index (χ0) is 12.6. The molecule has 0 aromatic heterocycles. The van der Waals surface area contributed by atoms with Crippen molar-refractivity contribution in [3.8, 4) is 0 Å². The summed E-state index contributed by atoms with van der Waals surface area (Å²) in [5.74, 6) is -1.54. The maximum atomic E-state index is 13.6. The first kappa shape index (κ1) is 12.7. The summed E-state index contributed by atoms with van der Waals surface area (Å²) in [4.78, 5) is 21.9. The minimum absolute atomic E-state index is 0.0806. The number of hydrogen-bond acceptors (Lipinski definition) is 3. The van der Waals surface area contributed by atoms with Gasteiger partial charge in [0.15, 0.2) is 0 Å². The number of hydrogen-bond donors (Lipinski definition) is 2. The summed E-state index contributed by atoms with van der Waals surface area (Å²) in [6.45, 7) is 5.02. The zero-order valence-electron chi connectivity index (χ0n) is 9.54. The van der Waals surface area contributed by atoms with Gasteiger partial charge in [0.25, 0.3) is 0 Å². The Kier molecular flexibility index (Phi) is 3.12. The fourth-order valence-corrected chi connectivity index (χ4v) is 1.43. The Labute approximate surface area is 93.0 Å². The van der Waals surface area contributed by atoms with Gasteiger partial charge in [-0.2, -0.15) is 0 Å². The third-order valence-corrected chi connectivity index (χ3v) is 2.40. The second kappa shape index (κ2) is 3.92. The lowest BCUT2D eigenvalue weighted by Gasteiger charge is -2.39. The molecule has 1 amide bonds. The molecule has 1 fully saturated rings. The molecule has 1 saturated carbocycles. The van der Waals surface area contributed by atoms with Gasteiger partial charge in [-0.1, -0.05) is 0 Å². The maximum Gasteiger partial charge on any atom is 0.407 e. The average molecular weight is 233 g/mol. The van der Waals surface area contributed by atoms with E-state index in [9.17, 15) is 14.0 Å². The minimum Gasteiger partial charge on any atom is -0.479 e.